The standard InChI is InChI=1S/C44H57N3O12S/c1-8-10-21-44(9-2)26-60(53,54)36-20-19-33(47(6)7)23-34(36)37(41(44)51)31-17-14-18-32(22-31)45-43(52)46-42-40(58-29(5)50)39(56-24-30-15-12-11-13-16-30)38(57-28(4)49)35(59-42)25-55-27(3)48/h11-20,22-23,35,37-42,51H,8-10,21,24-26H2,1-7H3,(H2,45,46,52)/t35-,37-,38-,39+,40-,41-,42-,44-/m1/s1. The fourth-order valence-corrected chi connectivity index (χ4v) is 10.3. The highest BCUT2D eigenvalue weighted by Gasteiger charge is 2.52. The van der Waals surface area contributed by atoms with Crippen LogP contribution in [0.15, 0.2) is 77.7 Å². The first-order valence-electron chi connectivity index (χ1n) is 20.2. The number of amides is 2. The molecule has 8 atom stereocenters. The highest BCUT2D eigenvalue weighted by Crippen LogP contribution is 2.49. The van der Waals surface area contributed by atoms with Crippen molar-refractivity contribution >= 4 is 45.2 Å². The van der Waals surface area contributed by atoms with Crippen LogP contribution < -0.4 is 15.5 Å². The van der Waals surface area contributed by atoms with Crippen LogP contribution >= 0.6 is 0 Å². The molecule has 2 aliphatic heterocycles. The monoisotopic (exact) mass is 851 g/mol. The molecule has 1 saturated heterocycles. The van der Waals surface area contributed by atoms with Crippen molar-refractivity contribution in [2.45, 2.75) is 114 Å². The van der Waals surface area contributed by atoms with Gasteiger partial charge in [-0.05, 0) is 59.9 Å². The van der Waals surface area contributed by atoms with Gasteiger partial charge in [0, 0.05) is 57.6 Å². The Morgan fingerprint density at radius 3 is 2.22 bits per heavy atom. The van der Waals surface area contributed by atoms with E-state index in [-0.39, 0.29) is 23.9 Å². The number of aliphatic hydroxyl groups is 1. The van der Waals surface area contributed by atoms with Crippen molar-refractivity contribution in [1.82, 2.24) is 5.32 Å². The molecule has 2 aliphatic rings. The van der Waals surface area contributed by atoms with E-state index in [9.17, 15) is 32.7 Å². The van der Waals surface area contributed by atoms with Crippen molar-refractivity contribution < 1.29 is 56.4 Å². The molecule has 3 aromatic rings. The van der Waals surface area contributed by atoms with Gasteiger partial charge in [-0.2, -0.15) is 0 Å². The van der Waals surface area contributed by atoms with Crippen molar-refractivity contribution in [2.75, 3.05) is 36.7 Å². The summed E-state index contributed by atoms with van der Waals surface area (Å²) in [5.74, 6) is -3.06. The summed E-state index contributed by atoms with van der Waals surface area (Å²) in [6.45, 7) is 7.11. The Hall–Kier alpha value is -5.03. The summed E-state index contributed by atoms with van der Waals surface area (Å²) in [5.41, 5.74) is 1.91. The van der Waals surface area contributed by atoms with Crippen molar-refractivity contribution in [3.63, 3.8) is 0 Å². The molecule has 60 heavy (non-hydrogen) atoms. The largest absolute Gasteiger partial charge is 0.463 e. The maximum absolute atomic E-state index is 14.1. The normalized spacial score (nSPS) is 25.8. The lowest BCUT2D eigenvalue weighted by Crippen LogP contribution is -2.66. The Morgan fingerprint density at radius 2 is 1.58 bits per heavy atom. The molecule has 0 radical (unpaired) electrons. The minimum Gasteiger partial charge on any atom is -0.463 e. The predicted octanol–water partition coefficient (Wildman–Crippen LogP) is 5.48. The number of nitrogens with zero attached hydrogens (tertiary/aromatic N) is 1. The average molecular weight is 852 g/mol. The number of benzene rings is 3. The molecule has 3 N–H and O–H groups in total. The Morgan fingerprint density at radius 1 is 0.883 bits per heavy atom. The van der Waals surface area contributed by atoms with Gasteiger partial charge in [-0.3, -0.25) is 14.4 Å². The maximum Gasteiger partial charge on any atom is 0.321 e. The first-order valence-corrected chi connectivity index (χ1v) is 21.8. The van der Waals surface area contributed by atoms with Gasteiger partial charge in [0.1, 0.15) is 18.8 Å². The molecule has 326 valence electrons. The van der Waals surface area contributed by atoms with Gasteiger partial charge in [-0.1, -0.05) is 69.2 Å². The first-order chi connectivity index (χ1) is 28.5. The summed E-state index contributed by atoms with van der Waals surface area (Å²) in [4.78, 5) is 52.7. The molecule has 0 bridgehead atoms. The van der Waals surface area contributed by atoms with E-state index in [4.69, 9.17) is 23.7 Å². The number of hydrogen-bond donors (Lipinski definition) is 3. The Labute approximate surface area is 352 Å². The maximum atomic E-state index is 14.1. The van der Waals surface area contributed by atoms with Gasteiger partial charge in [0.25, 0.3) is 0 Å². The van der Waals surface area contributed by atoms with E-state index in [1.165, 1.54) is 20.8 Å². The van der Waals surface area contributed by atoms with Gasteiger partial charge in [0.2, 0.25) is 0 Å². The Balaban J connectivity index is 1.50. The van der Waals surface area contributed by atoms with Crippen LogP contribution in [0.4, 0.5) is 16.2 Å². The second-order valence-electron chi connectivity index (χ2n) is 15.6. The number of rotatable bonds is 15. The summed E-state index contributed by atoms with van der Waals surface area (Å²) < 4.78 is 57.3. The number of urea groups is 1. The zero-order valence-electron chi connectivity index (χ0n) is 35.2. The first kappa shape index (κ1) is 46.0. The summed E-state index contributed by atoms with van der Waals surface area (Å²) in [7, 11) is -0.117. The number of unbranched alkanes of at least 4 members (excludes halogenated alkanes) is 1. The lowest BCUT2D eigenvalue weighted by Gasteiger charge is -2.45. The Bertz CT molecular complexity index is 2100. The molecular weight excluding hydrogens is 795 g/mol. The lowest BCUT2D eigenvalue weighted by molar-refractivity contribution is -0.260. The van der Waals surface area contributed by atoms with E-state index in [2.05, 4.69) is 10.6 Å². The van der Waals surface area contributed by atoms with Gasteiger partial charge < -0.3 is 44.3 Å². The minimum atomic E-state index is -3.83. The van der Waals surface area contributed by atoms with Crippen molar-refractivity contribution in [2.24, 2.45) is 5.41 Å². The van der Waals surface area contributed by atoms with Crippen molar-refractivity contribution in [1.29, 1.82) is 0 Å². The van der Waals surface area contributed by atoms with E-state index in [0.29, 0.717) is 29.7 Å². The molecule has 1 fully saturated rings. The molecular formula is C44H57N3O12S. The highest BCUT2D eigenvalue weighted by molar-refractivity contribution is 7.91. The Kier molecular flexibility index (Phi) is 15.4. The lowest BCUT2D eigenvalue weighted by atomic mass is 9.69. The smallest absolute Gasteiger partial charge is 0.321 e. The third-order valence-corrected chi connectivity index (χ3v) is 13.1. The van der Waals surface area contributed by atoms with Gasteiger partial charge >= 0.3 is 23.9 Å². The van der Waals surface area contributed by atoms with Crippen molar-refractivity contribution in [3.05, 3.63) is 89.5 Å². The molecule has 3 aromatic carbocycles. The number of hydrogen-bond acceptors (Lipinski definition) is 13. The third kappa shape index (κ3) is 11.0. The number of aliphatic hydroxyl groups excluding tert-OH is 1. The number of carbonyl (C=O) groups is 4. The fourth-order valence-electron chi connectivity index (χ4n) is 8.09. The zero-order chi connectivity index (χ0) is 43.8. The molecule has 0 aliphatic carbocycles. The molecule has 0 unspecified atom stereocenters. The van der Waals surface area contributed by atoms with Crippen LogP contribution in [0.2, 0.25) is 0 Å². The van der Waals surface area contributed by atoms with Gasteiger partial charge in [0.05, 0.1) is 23.4 Å². The van der Waals surface area contributed by atoms with Crippen LogP contribution in [0.5, 0.6) is 0 Å². The quantitative estimate of drug-likeness (QED) is 0.129. The number of ether oxygens (including phenoxy) is 5. The average Bonchev–Trinajstić information content (AvgIpc) is 3.26. The number of anilines is 2. The van der Waals surface area contributed by atoms with Crippen LogP contribution in [0, 0.1) is 5.41 Å². The van der Waals surface area contributed by atoms with Crippen LogP contribution in [0.3, 0.4) is 0 Å². The summed E-state index contributed by atoms with van der Waals surface area (Å²) in [6, 6.07) is 20.3. The molecule has 15 nitrogen and oxygen atoms in total. The van der Waals surface area contributed by atoms with E-state index >= 15 is 0 Å². The SMILES string of the molecule is CCCC[C@]1(CC)CS(=O)(=O)c2ccc(N(C)C)cc2[C@@H](c2cccc(NC(=O)N[C@@H]3O[C@H](COC(C)=O)[C@@H](OC(C)=O)[C@H](OCc4ccccc4)[C@H]3OC(C)=O)c2)[C@H]1O. The van der Waals surface area contributed by atoms with E-state index in [1.54, 1.807) is 42.5 Å². The van der Waals surface area contributed by atoms with E-state index < -0.39 is 81.9 Å². The summed E-state index contributed by atoms with van der Waals surface area (Å²) in [6.07, 6.45) is -4.96. The van der Waals surface area contributed by atoms with Crippen LogP contribution in [0.25, 0.3) is 0 Å². The number of carbonyl (C=O) groups excluding carboxylic acids is 4. The number of fused-ring (bicyclic) bond motifs is 1. The second-order valence-corrected chi connectivity index (χ2v) is 17.6. The van der Waals surface area contributed by atoms with Gasteiger partial charge in [0.15, 0.2) is 28.3 Å². The van der Waals surface area contributed by atoms with Crippen LogP contribution in [-0.4, -0.2) is 101 Å². The summed E-state index contributed by atoms with van der Waals surface area (Å²) >= 11 is 0. The molecule has 5 rings (SSSR count). The fraction of sp³-hybridized carbons (Fsp3) is 0.500. The minimum absolute atomic E-state index is 0.00171. The van der Waals surface area contributed by atoms with Crippen molar-refractivity contribution in [3.8, 4) is 0 Å². The van der Waals surface area contributed by atoms with Crippen LogP contribution in [-0.2, 0) is 54.5 Å². The van der Waals surface area contributed by atoms with Crippen LogP contribution in [0.1, 0.15) is 82.9 Å². The second kappa shape index (κ2) is 20.0. The van der Waals surface area contributed by atoms with Gasteiger partial charge in [-0.15, -0.1) is 0 Å². The third-order valence-electron chi connectivity index (χ3n) is 11.1. The molecule has 0 spiro atoms. The molecule has 16 heteroatoms. The molecule has 0 aromatic heterocycles. The van der Waals surface area contributed by atoms with Gasteiger partial charge in [-0.25, -0.2) is 13.2 Å². The molecule has 0 saturated carbocycles. The number of nitrogens with one attached hydrogen (secondary N) is 2. The molecule has 2 amide bonds. The topological polar surface area (TPSA) is 196 Å². The molecule has 2 heterocycles. The highest BCUT2D eigenvalue weighted by atomic mass is 32.2. The van der Waals surface area contributed by atoms with E-state index in [0.717, 1.165) is 24.1 Å². The zero-order valence-corrected chi connectivity index (χ0v) is 36.0. The summed E-state index contributed by atoms with van der Waals surface area (Å²) in [5, 5.41) is 18.0. The van der Waals surface area contributed by atoms with E-state index in [1.807, 2.05) is 63.2 Å². The predicted molar refractivity (Wildman–Crippen MR) is 223 cm³/mol. The number of esters is 3. The number of sulfone groups is 1.